The predicted octanol–water partition coefficient (Wildman–Crippen LogP) is 3.40. The number of amides is 2. The van der Waals surface area contributed by atoms with Crippen LogP contribution in [0.25, 0.3) is 0 Å². The van der Waals surface area contributed by atoms with Crippen molar-refractivity contribution in [2.24, 2.45) is 11.8 Å². The molecule has 3 aromatic rings. The van der Waals surface area contributed by atoms with Crippen LogP contribution in [0.4, 0.5) is 5.69 Å². The van der Waals surface area contributed by atoms with Crippen molar-refractivity contribution in [3.63, 3.8) is 0 Å². The van der Waals surface area contributed by atoms with E-state index in [-0.39, 0.29) is 17.9 Å². The Balaban J connectivity index is 1.31. The number of H-pyrrole nitrogens is 1. The zero-order valence-electron chi connectivity index (χ0n) is 17.3. The number of aromatic nitrogens is 1. The van der Waals surface area contributed by atoms with E-state index in [1.54, 1.807) is 6.20 Å². The maximum Gasteiger partial charge on any atom is 0.270 e. The van der Waals surface area contributed by atoms with Crippen molar-refractivity contribution in [1.29, 1.82) is 0 Å². The first-order valence-corrected chi connectivity index (χ1v) is 10.8. The van der Waals surface area contributed by atoms with Crippen LogP contribution in [0.1, 0.15) is 22.1 Å². The van der Waals surface area contributed by atoms with E-state index >= 15 is 0 Å². The molecule has 158 valence electrons. The molecule has 0 bridgehead atoms. The van der Waals surface area contributed by atoms with E-state index in [4.69, 9.17) is 0 Å². The Labute approximate surface area is 181 Å². The number of rotatable bonds is 5. The number of carbonyl (C=O) groups excluding carboxylic acids is 2. The van der Waals surface area contributed by atoms with Crippen LogP contribution in [0.2, 0.25) is 0 Å². The summed E-state index contributed by atoms with van der Waals surface area (Å²) in [6.07, 6.45) is 1.79. The molecular formula is C25H26N4O2. The fraction of sp³-hybridized carbons (Fsp3) is 0.280. The van der Waals surface area contributed by atoms with Crippen LogP contribution in [0.15, 0.2) is 79.0 Å². The Bertz CT molecular complexity index is 1040. The molecule has 2 aliphatic rings. The highest BCUT2D eigenvalue weighted by Gasteiger charge is 2.49. The number of benzene rings is 2. The summed E-state index contributed by atoms with van der Waals surface area (Å²) in [7, 11) is 0. The summed E-state index contributed by atoms with van der Waals surface area (Å²) in [4.78, 5) is 33.0. The lowest BCUT2D eigenvalue weighted by molar-refractivity contribution is -0.117. The Hall–Kier alpha value is -3.38. The number of para-hydroxylation sites is 1. The molecule has 1 aromatic heterocycles. The van der Waals surface area contributed by atoms with E-state index < -0.39 is 0 Å². The fourth-order valence-corrected chi connectivity index (χ4v) is 5.10. The molecule has 2 fully saturated rings. The number of hydrogen-bond donors (Lipinski definition) is 2. The standard InChI is InChI=1S/C25H26N4O2/c30-23(27-20-10-5-2-6-11-20)17-28-14-19-15-29(25(31)22-12-7-13-26-22)24(21(19)16-28)18-8-3-1-4-9-18/h1-13,19,21,24,26H,14-17H2,(H,27,30)/t19-,21-,24-/m0/s1. The molecule has 2 aliphatic heterocycles. The minimum absolute atomic E-state index is 0.00162. The van der Waals surface area contributed by atoms with Gasteiger partial charge in [-0.3, -0.25) is 14.5 Å². The molecule has 0 unspecified atom stereocenters. The van der Waals surface area contributed by atoms with Crippen LogP contribution >= 0.6 is 0 Å². The second-order valence-electron chi connectivity index (χ2n) is 8.43. The van der Waals surface area contributed by atoms with Crippen molar-refractivity contribution < 1.29 is 9.59 Å². The molecule has 2 amide bonds. The summed E-state index contributed by atoms with van der Waals surface area (Å²) < 4.78 is 0. The highest BCUT2D eigenvalue weighted by molar-refractivity contribution is 5.93. The van der Waals surface area contributed by atoms with Crippen molar-refractivity contribution in [3.05, 3.63) is 90.3 Å². The van der Waals surface area contributed by atoms with Crippen LogP contribution in [0.3, 0.4) is 0 Å². The number of aromatic amines is 1. The van der Waals surface area contributed by atoms with Gasteiger partial charge < -0.3 is 15.2 Å². The molecule has 6 heteroatoms. The SMILES string of the molecule is O=C(CN1C[C@H]2CN(C(=O)c3ccc[nH]3)[C@@H](c3ccccc3)[C@H]2C1)Nc1ccccc1. The average molecular weight is 415 g/mol. The van der Waals surface area contributed by atoms with Crippen molar-refractivity contribution in [3.8, 4) is 0 Å². The zero-order chi connectivity index (χ0) is 21.2. The Morgan fingerprint density at radius 3 is 2.35 bits per heavy atom. The fourth-order valence-electron chi connectivity index (χ4n) is 5.10. The Kier molecular flexibility index (Phi) is 5.30. The minimum atomic E-state index is 0.00162. The third-order valence-electron chi connectivity index (χ3n) is 6.39. The predicted molar refractivity (Wildman–Crippen MR) is 120 cm³/mol. The molecule has 2 saturated heterocycles. The van der Waals surface area contributed by atoms with Crippen molar-refractivity contribution in [2.75, 3.05) is 31.5 Å². The van der Waals surface area contributed by atoms with Gasteiger partial charge in [-0.2, -0.15) is 0 Å². The molecule has 2 N–H and O–H groups in total. The van der Waals surface area contributed by atoms with E-state index in [9.17, 15) is 9.59 Å². The van der Waals surface area contributed by atoms with Crippen molar-refractivity contribution >= 4 is 17.5 Å². The summed E-state index contributed by atoms with van der Waals surface area (Å²) in [5.74, 6) is 0.711. The largest absolute Gasteiger partial charge is 0.357 e. The quantitative estimate of drug-likeness (QED) is 0.672. The average Bonchev–Trinajstić information content (AvgIpc) is 3.51. The Morgan fingerprint density at radius 1 is 0.903 bits per heavy atom. The molecule has 2 aromatic carbocycles. The summed E-state index contributed by atoms with van der Waals surface area (Å²) in [6.45, 7) is 2.71. The van der Waals surface area contributed by atoms with Gasteiger partial charge in [-0.1, -0.05) is 48.5 Å². The normalized spacial score (nSPS) is 23.0. The number of hydrogen-bond acceptors (Lipinski definition) is 3. The zero-order valence-corrected chi connectivity index (χ0v) is 17.3. The maximum absolute atomic E-state index is 13.2. The van der Waals surface area contributed by atoms with Crippen LogP contribution in [0, 0.1) is 11.8 Å². The van der Waals surface area contributed by atoms with Gasteiger partial charge in [0.2, 0.25) is 5.91 Å². The molecule has 5 rings (SSSR count). The van der Waals surface area contributed by atoms with Gasteiger partial charge >= 0.3 is 0 Å². The van der Waals surface area contributed by atoms with Gasteiger partial charge in [0.1, 0.15) is 5.69 Å². The monoisotopic (exact) mass is 414 g/mol. The molecule has 0 spiro atoms. The third kappa shape index (κ3) is 3.99. The number of carbonyl (C=O) groups is 2. The summed E-state index contributed by atoms with van der Waals surface area (Å²) in [5, 5.41) is 2.97. The van der Waals surface area contributed by atoms with E-state index in [2.05, 4.69) is 27.3 Å². The highest BCUT2D eigenvalue weighted by Crippen LogP contribution is 2.45. The molecule has 0 saturated carbocycles. The highest BCUT2D eigenvalue weighted by atomic mass is 16.2. The van der Waals surface area contributed by atoms with Crippen LogP contribution in [0.5, 0.6) is 0 Å². The van der Waals surface area contributed by atoms with E-state index in [1.165, 1.54) is 0 Å². The van der Waals surface area contributed by atoms with Gasteiger partial charge in [0, 0.05) is 37.4 Å². The minimum Gasteiger partial charge on any atom is -0.357 e. The topological polar surface area (TPSA) is 68.4 Å². The number of fused-ring (bicyclic) bond motifs is 1. The van der Waals surface area contributed by atoms with Gasteiger partial charge in [0.05, 0.1) is 12.6 Å². The first-order chi connectivity index (χ1) is 15.2. The molecular weight excluding hydrogens is 388 g/mol. The van der Waals surface area contributed by atoms with Crippen LogP contribution in [-0.4, -0.2) is 52.8 Å². The van der Waals surface area contributed by atoms with Crippen LogP contribution in [-0.2, 0) is 4.79 Å². The van der Waals surface area contributed by atoms with Crippen molar-refractivity contribution in [2.45, 2.75) is 6.04 Å². The molecule has 6 nitrogen and oxygen atoms in total. The van der Waals surface area contributed by atoms with Gasteiger partial charge in [-0.05, 0) is 35.7 Å². The Morgan fingerprint density at radius 2 is 1.65 bits per heavy atom. The lowest BCUT2D eigenvalue weighted by atomic mass is 9.89. The molecule has 0 radical (unpaired) electrons. The maximum atomic E-state index is 13.2. The summed E-state index contributed by atoms with van der Waals surface area (Å²) in [6, 6.07) is 23.5. The van der Waals surface area contributed by atoms with Gasteiger partial charge in [-0.25, -0.2) is 0 Å². The number of nitrogens with zero attached hydrogens (tertiary/aromatic N) is 2. The molecule has 3 atom stereocenters. The lowest BCUT2D eigenvalue weighted by Gasteiger charge is -2.29. The summed E-state index contributed by atoms with van der Waals surface area (Å²) >= 11 is 0. The second kappa shape index (κ2) is 8.40. The van der Waals surface area contributed by atoms with Gasteiger partial charge in [0.15, 0.2) is 0 Å². The first-order valence-electron chi connectivity index (χ1n) is 10.8. The first kappa shape index (κ1) is 19.6. The van der Waals surface area contributed by atoms with Gasteiger partial charge in [-0.15, -0.1) is 0 Å². The second-order valence-corrected chi connectivity index (χ2v) is 8.43. The smallest absolute Gasteiger partial charge is 0.270 e. The van der Waals surface area contributed by atoms with Gasteiger partial charge in [0.25, 0.3) is 5.91 Å². The van der Waals surface area contributed by atoms with E-state index in [1.807, 2.05) is 65.6 Å². The molecule has 3 heterocycles. The van der Waals surface area contributed by atoms with E-state index in [0.717, 1.165) is 24.3 Å². The van der Waals surface area contributed by atoms with Crippen LogP contribution < -0.4 is 5.32 Å². The number of anilines is 1. The summed E-state index contributed by atoms with van der Waals surface area (Å²) in [5.41, 5.74) is 2.60. The number of likely N-dealkylation sites (tertiary alicyclic amines) is 2. The molecule has 0 aliphatic carbocycles. The third-order valence-corrected chi connectivity index (χ3v) is 6.39. The van der Waals surface area contributed by atoms with E-state index in [0.29, 0.717) is 30.6 Å². The molecule has 31 heavy (non-hydrogen) atoms. The number of nitrogens with one attached hydrogen (secondary N) is 2. The lowest BCUT2D eigenvalue weighted by Crippen LogP contribution is -2.38. The van der Waals surface area contributed by atoms with Crippen molar-refractivity contribution in [1.82, 2.24) is 14.8 Å².